The molecule has 1 saturated heterocycles. The van der Waals surface area contributed by atoms with Crippen LogP contribution in [0.25, 0.3) is 0 Å². The summed E-state index contributed by atoms with van der Waals surface area (Å²) in [5.41, 5.74) is -0.393. The van der Waals surface area contributed by atoms with E-state index in [0.29, 0.717) is 12.0 Å². The summed E-state index contributed by atoms with van der Waals surface area (Å²) in [7, 11) is 0. The lowest BCUT2D eigenvalue weighted by Gasteiger charge is -2.37. The number of carbonyl (C=O) groups excluding carboxylic acids is 1. The molecule has 1 aliphatic carbocycles. The van der Waals surface area contributed by atoms with Gasteiger partial charge in [-0.3, -0.25) is 0 Å². The van der Waals surface area contributed by atoms with E-state index >= 15 is 0 Å². The van der Waals surface area contributed by atoms with Crippen LogP contribution in [0.1, 0.15) is 33.6 Å². The Morgan fingerprint density at radius 1 is 1.38 bits per heavy atom. The van der Waals surface area contributed by atoms with Crippen LogP contribution in [-0.2, 0) is 4.74 Å². The third-order valence-corrected chi connectivity index (χ3v) is 3.08. The molecule has 92 valence electrons. The Hall–Kier alpha value is -0.770. The summed E-state index contributed by atoms with van der Waals surface area (Å²) in [5.74, 6) is 0.695. The molecular weight excluding hydrogens is 204 g/mol. The van der Waals surface area contributed by atoms with Crippen molar-refractivity contribution < 1.29 is 9.53 Å². The van der Waals surface area contributed by atoms with Crippen LogP contribution in [0, 0.1) is 5.92 Å². The number of amides is 1. The highest BCUT2D eigenvalue weighted by molar-refractivity contribution is 5.69. The standard InChI is InChI=1S/C12H22N2O2/c1-12(2,3)16-11(15)14-7-6-13-8-10(14)9-4-5-9/h9-10,13H,4-8H2,1-3H3/t10-/m0/s1. The number of carbonyl (C=O) groups is 1. The molecule has 1 atom stereocenters. The summed E-state index contributed by atoms with van der Waals surface area (Å²) in [6.07, 6.45) is 2.36. The number of piperazine rings is 1. The highest BCUT2D eigenvalue weighted by Gasteiger charge is 2.40. The maximum Gasteiger partial charge on any atom is 0.410 e. The monoisotopic (exact) mass is 226 g/mol. The maximum absolute atomic E-state index is 12.0. The second-order valence-corrected chi connectivity index (χ2v) is 5.78. The van der Waals surface area contributed by atoms with Crippen LogP contribution in [0.5, 0.6) is 0 Å². The molecule has 4 nitrogen and oxygen atoms in total. The molecule has 2 aliphatic rings. The van der Waals surface area contributed by atoms with E-state index in [0.717, 1.165) is 19.6 Å². The lowest BCUT2D eigenvalue weighted by Crippen LogP contribution is -2.55. The molecule has 0 bridgehead atoms. The SMILES string of the molecule is CC(C)(C)OC(=O)N1CCNC[C@H]1C1CC1. The molecule has 1 N–H and O–H groups in total. The quantitative estimate of drug-likeness (QED) is 0.738. The van der Waals surface area contributed by atoms with Crippen LogP contribution < -0.4 is 5.32 Å². The molecule has 0 aromatic carbocycles. The first-order chi connectivity index (χ1) is 7.47. The number of nitrogens with one attached hydrogen (secondary N) is 1. The Bertz CT molecular complexity index is 269. The summed E-state index contributed by atoms with van der Waals surface area (Å²) in [4.78, 5) is 13.9. The van der Waals surface area contributed by atoms with Crippen molar-refractivity contribution in [1.29, 1.82) is 0 Å². The molecule has 0 spiro atoms. The molecule has 0 radical (unpaired) electrons. The molecule has 1 saturated carbocycles. The van der Waals surface area contributed by atoms with Crippen LogP contribution in [-0.4, -0.2) is 42.3 Å². The number of ether oxygens (including phenoxy) is 1. The number of rotatable bonds is 1. The van der Waals surface area contributed by atoms with E-state index in [1.165, 1.54) is 12.8 Å². The van der Waals surface area contributed by atoms with Crippen LogP contribution in [0.2, 0.25) is 0 Å². The molecule has 1 heterocycles. The molecule has 1 aliphatic heterocycles. The first-order valence-corrected chi connectivity index (χ1v) is 6.18. The summed E-state index contributed by atoms with van der Waals surface area (Å²) in [6, 6.07) is 0.351. The average Bonchev–Trinajstić information content (AvgIpc) is 2.98. The number of hydrogen-bond donors (Lipinski definition) is 1. The van der Waals surface area contributed by atoms with Gasteiger partial charge >= 0.3 is 6.09 Å². The Balaban J connectivity index is 1.96. The first-order valence-electron chi connectivity index (χ1n) is 6.18. The minimum atomic E-state index is -0.393. The van der Waals surface area contributed by atoms with Gasteiger partial charge in [-0.05, 0) is 39.5 Å². The van der Waals surface area contributed by atoms with Gasteiger partial charge in [0, 0.05) is 19.6 Å². The van der Waals surface area contributed by atoms with Crippen molar-refractivity contribution in [1.82, 2.24) is 10.2 Å². The maximum atomic E-state index is 12.0. The van der Waals surface area contributed by atoms with E-state index in [1.807, 2.05) is 25.7 Å². The van der Waals surface area contributed by atoms with Crippen LogP contribution >= 0.6 is 0 Å². The Morgan fingerprint density at radius 2 is 2.06 bits per heavy atom. The Kier molecular flexibility index (Phi) is 3.10. The second kappa shape index (κ2) is 4.24. The lowest BCUT2D eigenvalue weighted by atomic mass is 10.1. The molecule has 2 rings (SSSR count). The zero-order chi connectivity index (χ0) is 11.8. The lowest BCUT2D eigenvalue weighted by molar-refractivity contribution is 0.00953. The van der Waals surface area contributed by atoms with Gasteiger partial charge in [-0.1, -0.05) is 0 Å². The predicted molar refractivity (Wildman–Crippen MR) is 62.3 cm³/mol. The smallest absolute Gasteiger partial charge is 0.410 e. The van der Waals surface area contributed by atoms with E-state index in [9.17, 15) is 4.79 Å². The van der Waals surface area contributed by atoms with Gasteiger partial charge in [0.05, 0.1) is 6.04 Å². The summed E-state index contributed by atoms with van der Waals surface area (Å²) < 4.78 is 5.44. The molecule has 0 aromatic heterocycles. The molecule has 0 unspecified atom stereocenters. The van der Waals surface area contributed by atoms with Gasteiger partial charge in [-0.15, -0.1) is 0 Å². The molecule has 0 aromatic rings. The highest BCUT2D eigenvalue weighted by Crippen LogP contribution is 2.36. The van der Waals surface area contributed by atoms with Crippen LogP contribution in [0.15, 0.2) is 0 Å². The van der Waals surface area contributed by atoms with E-state index in [2.05, 4.69) is 5.32 Å². The zero-order valence-corrected chi connectivity index (χ0v) is 10.5. The van der Waals surface area contributed by atoms with Crippen molar-refractivity contribution in [2.24, 2.45) is 5.92 Å². The van der Waals surface area contributed by atoms with Gasteiger partial charge in [0.15, 0.2) is 0 Å². The van der Waals surface area contributed by atoms with Gasteiger partial charge in [-0.25, -0.2) is 4.79 Å². The normalized spacial score (nSPS) is 26.7. The van der Waals surface area contributed by atoms with E-state index in [-0.39, 0.29) is 6.09 Å². The molecular formula is C12H22N2O2. The third kappa shape index (κ3) is 2.88. The van der Waals surface area contributed by atoms with Gasteiger partial charge in [0.2, 0.25) is 0 Å². The fourth-order valence-electron chi connectivity index (χ4n) is 2.17. The van der Waals surface area contributed by atoms with E-state index in [1.54, 1.807) is 0 Å². The topological polar surface area (TPSA) is 41.6 Å². The molecule has 1 amide bonds. The van der Waals surface area contributed by atoms with E-state index in [4.69, 9.17) is 4.74 Å². The fraction of sp³-hybridized carbons (Fsp3) is 0.917. The van der Waals surface area contributed by atoms with Crippen molar-refractivity contribution >= 4 is 6.09 Å². The Labute approximate surface area is 97.3 Å². The van der Waals surface area contributed by atoms with Crippen molar-refractivity contribution in [3.63, 3.8) is 0 Å². The largest absolute Gasteiger partial charge is 0.444 e. The minimum Gasteiger partial charge on any atom is -0.444 e. The third-order valence-electron chi connectivity index (χ3n) is 3.08. The number of hydrogen-bond acceptors (Lipinski definition) is 3. The van der Waals surface area contributed by atoms with Gasteiger partial charge in [-0.2, -0.15) is 0 Å². The van der Waals surface area contributed by atoms with Crippen molar-refractivity contribution in [2.75, 3.05) is 19.6 Å². The second-order valence-electron chi connectivity index (χ2n) is 5.78. The van der Waals surface area contributed by atoms with Crippen molar-refractivity contribution in [3.05, 3.63) is 0 Å². The highest BCUT2D eigenvalue weighted by atomic mass is 16.6. The summed E-state index contributed by atoms with van der Waals surface area (Å²) >= 11 is 0. The molecule has 4 heteroatoms. The van der Waals surface area contributed by atoms with Crippen LogP contribution in [0.3, 0.4) is 0 Å². The first kappa shape index (κ1) is 11.7. The Morgan fingerprint density at radius 3 is 2.62 bits per heavy atom. The van der Waals surface area contributed by atoms with Crippen molar-refractivity contribution in [3.8, 4) is 0 Å². The molecule has 16 heavy (non-hydrogen) atoms. The van der Waals surface area contributed by atoms with Gasteiger partial charge in [0.25, 0.3) is 0 Å². The zero-order valence-electron chi connectivity index (χ0n) is 10.5. The van der Waals surface area contributed by atoms with Gasteiger partial charge in [0.1, 0.15) is 5.60 Å². The molecule has 2 fully saturated rings. The van der Waals surface area contributed by atoms with Gasteiger partial charge < -0.3 is 15.0 Å². The van der Waals surface area contributed by atoms with Crippen LogP contribution in [0.4, 0.5) is 4.79 Å². The van der Waals surface area contributed by atoms with E-state index < -0.39 is 5.60 Å². The predicted octanol–water partition coefficient (Wildman–Crippen LogP) is 1.61. The number of nitrogens with zero attached hydrogens (tertiary/aromatic N) is 1. The fourth-order valence-corrected chi connectivity index (χ4v) is 2.17. The minimum absolute atomic E-state index is 0.147. The van der Waals surface area contributed by atoms with Crippen molar-refractivity contribution in [2.45, 2.75) is 45.3 Å². The average molecular weight is 226 g/mol. The summed E-state index contributed by atoms with van der Waals surface area (Å²) in [6.45, 7) is 8.32. The summed E-state index contributed by atoms with van der Waals surface area (Å²) in [5, 5.41) is 3.35.